The molecule has 1 unspecified atom stereocenters. The Morgan fingerprint density at radius 3 is 3.00 bits per heavy atom. The number of hydrogen-bond donors (Lipinski definition) is 2. The lowest BCUT2D eigenvalue weighted by Crippen LogP contribution is -2.29. The molecule has 2 aromatic heterocycles. The molecule has 5 nitrogen and oxygen atoms in total. The smallest absolute Gasteiger partial charge is 0.172 e. The molecule has 3 heterocycles. The van der Waals surface area contributed by atoms with E-state index in [4.69, 9.17) is 10.7 Å². The summed E-state index contributed by atoms with van der Waals surface area (Å²) < 4.78 is 3.37. The first-order valence-electron chi connectivity index (χ1n) is 5.87. The summed E-state index contributed by atoms with van der Waals surface area (Å²) in [5.41, 5.74) is 7.91. The van der Waals surface area contributed by atoms with E-state index in [1.165, 1.54) is 6.42 Å². The van der Waals surface area contributed by atoms with Crippen molar-refractivity contribution >= 4 is 43.3 Å². The third-order valence-corrected chi connectivity index (χ3v) is 4.66. The summed E-state index contributed by atoms with van der Waals surface area (Å²) in [6.45, 7) is 2.04. The minimum atomic E-state index is 0.405. The summed E-state index contributed by atoms with van der Waals surface area (Å²) in [6, 6.07) is 0. The highest BCUT2D eigenvalue weighted by molar-refractivity contribution is 9.11. The Hall–Kier alpha value is -0.660. The van der Waals surface area contributed by atoms with E-state index in [2.05, 4.69) is 42.3 Å². The number of rotatable bonds is 1. The normalized spacial score (nSPS) is 20.4. The van der Waals surface area contributed by atoms with Crippen molar-refractivity contribution in [3.05, 3.63) is 20.8 Å². The van der Waals surface area contributed by atoms with Crippen LogP contribution in [0.4, 0.5) is 5.82 Å². The lowest BCUT2D eigenvalue weighted by Gasteiger charge is -2.23. The third-order valence-electron chi connectivity index (χ3n) is 3.29. The van der Waals surface area contributed by atoms with Crippen LogP contribution in [0.1, 0.15) is 24.5 Å². The van der Waals surface area contributed by atoms with Gasteiger partial charge in [0.2, 0.25) is 0 Å². The second-order valence-electron chi connectivity index (χ2n) is 4.47. The number of nitrogens with two attached hydrogens (primary N) is 1. The van der Waals surface area contributed by atoms with E-state index in [1.54, 1.807) is 10.7 Å². The van der Waals surface area contributed by atoms with Gasteiger partial charge in [-0.05, 0) is 51.2 Å². The Labute approximate surface area is 121 Å². The highest BCUT2D eigenvalue weighted by atomic mass is 79.9. The molecular formula is C11H13Br2N5. The molecule has 1 aliphatic rings. The van der Waals surface area contributed by atoms with E-state index >= 15 is 0 Å². The number of aromatic nitrogens is 3. The first-order valence-corrected chi connectivity index (χ1v) is 7.46. The number of piperidine rings is 1. The molecule has 3 N–H and O–H groups in total. The molecule has 0 aromatic carbocycles. The van der Waals surface area contributed by atoms with Gasteiger partial charge in [0.15, 0.2) is 5.65 Å². The van der Waals surface area contributed by atoms with Gasteiger partial charge in [0, 0.05) is 12.5 Å². The molecule has 0 spiro atoms. The van der Waals surface area contributed by atoms with Gasteiger partial charge in [0.05, 0.1) is 20.8 Å². The van der Waals surface area contributed by atoms with Crippen LogP contribution >= 0.6 is 31.9 Å². The van der Waals surface area contributed by atoms with E-state index < -0.39 is 0 Å². The van der Waals surface area contributed by atoms with Crippen LogP contribution in [0.15, 0.2) is 15.1 Å². The first kappa shape index (κ1) is 12.4. The number of nitrogen functional groups attached to an aromatic ring is 1. The van der Waals surface area contributed by atoms with Gasteiger partial charge in [-0.1, -0.05) is 0 Å². The first-order chi connectivity index (χ1) is 8.68. The molecule has 0 radical (unpaired) electrons. The molecule has 1 saturated heterocycles. The number of nitrogens with zero attached hydrogens (tertiary/aromatic N) is 3. The Balaban J connectivity index is 2.15. The van der Waals surface area contributed by atoms with Crippen molar-refractivity contribution in [3.8, 4) is 0 Å². The maximum atomic E-state index is 6.11. The van der Waals surface area contributed by atoms with Crippen molar-refractivity contribution in [2.75, 3.05) is 18.8 Å². The molecule has 0 saturated carbocycles. The van der Waals surface area contributed by atoms with Crippen LogP contribution in [0.5, 0.6) is 0 Å². The molecule has 2 aromatic rings. The van der Waals surface area contributed by atoms with Crippen molar-refractivity contribution in [3.63, 3.8) is 0 Å². The fourth-order valence-corrected chi connectivity index (χ4v) is 3.27. The second-order valence-corrected chi connectivity index (χ2v) is 6.11. The SMILES string of the molecule is Nc1c(Br)c(C2CCCNC2)nc2c(Br)cnn12. The Bertz CT molecular complexity index is 589. The van der Waals surface area contributed by atoms with Gasteiger partial charge in [-0.2, -0.15) is 9.61 Å². The summed E-state index contributed by atoms with van der Waals surface area (Å²) in [7, 11) is 0. The molecular weight excluding hydrogens is 362 g/mol. The number of halogens is 2. The monoisotopic (exact) mass is 373 g/mol. The molecule has 0 amide bonds. The topological polar surface area (TPSA) is 68.2 Å². The average Bonchev–Trinajstić information content (AvgIpc) is 2.77. The Kier molecular flexibility index (Phi) is 3.29. The molecule has 0 aliphatic carbocycles. The van der Waals surface area contributed by atoms with Crippen LogP contribution in [0.3, 0.4) is 0 Å². The Morgan fingerprint density at radius 2 is 2.28 bits per heavy atom. The van der Waals surface area contributed by atoms with Gasteiger partial charge in [-0.15, -0.1) is 0 Å². The fraction of sp³-hybridized carbons (Fsp3) is 0.455. The van der Waals surface area contributed by atoms with Crippen LogP contribution < -0.4 is 11.1 Å². The highest BCUT2D eigenvalue weighted by Crippen LogP contribution is 2.33. The number of fused-ring (bicyclic) bond motifs is 1. The summed E-state index contributed by atoms with van der Waals surface area (Å²) in [5, 5.41) is 7.60. The number of nitrogens with one attached hydrogen (secondary N) is 1. The van der Waals surface area contributed by atoms with Crippen molar-refractivity contribution in [1.82, 2.24) is 19.9 Å². The molecule has 18 heavy (non-hydrogen) atoms. The van der Waals surface area contributed by atoms with Crippen molar-refractivity contribution < 1.29 is 0 Å². The van der Waals surface area contributed by atoms with Crippen molar-refractivity contribution in [2.24, 2.45) is 0 Å². The lowest BCUT2D eigenvalue weighted by atomic mass is 9.96. The number of hydrogen-bond acceptors (Lipinski definition) is 4. The van der Waals surface area contributed by atoms with E-state index in [1.807, 2.05) is 0 Å². The summed E-state index contributed by atoms with van der Waals surface area (Å²) in [4.78, 5) is 4.71. The van der Waals surface area contributed by atoms with E-state index in [-0.39, 0.29) is 0 Å². The van der Waals surface area contributed by atoms with Crippen molar-refractivity contribution in [1.29, 1.82) is 0 Å². The molecule has 96 valence electrons. The van der Waals surface area contributed by atoms with E-state index in [0.29, 0.717) is 11.7 Å². The van der Waals surface area contributed by atoms with Gasteiger partial charge in [0.25, 0.3) is 0 Å². The zero-order valence-electron chi connectivity index (χ0n) is 9.66. The minimum absolute atomic E-state index is 0.405. The van der Waals surface area contributed by atoms with Gasteiger partial charge >= 0.3 is 0 Å². The minimum Gasteiger partial charge on any atom is -0.383 e. The maximum absolute atomic E-state index is 6.11. The van der Waals surface area contributed by atoms with Crippen molar-refractivity contribution in [2.45, 2.75) is 18.8 Å². The predicted octanol–water partition coefficient (Wildman–Crippen LogP) is 2.30. The van der Waals surface area contributed by atoms with E-state index in [0.717, 1.165) is 39.8 Å². The number of anilines is 1. The highest BCUT2D eigenvalue weighted by Gasteiger charge is 2.22. The lowest BCUT2D eigenvalue weighted by molar-refractivity contribution is 0.453. The zero-order valence-corrected chi connectivity index (χ0v) is 12.8. The Morgan fingerprint density at radius 1 is 1.44 bits per heavy atom. The molecule has 0 bridgehead atoms. The zero-order chi connectivity index (χ0) is 12.7. The van der Waals surface area contributed by atoms with E-state index in [9.17, 15) is 0 Å². The summed E-state index contributed by atoms with van der Waals surface area (Å²) >= 11 is 7.01. The summed E-state index contributed by atoms with van der Waals surface area (Å²) in [5.74, 6) is 1.01. The molecule has 1 atom stereocenters. The molecule has 1 aliphatic heterocycles. The third kappa shape index (κ3) is 1.94. The quantitative estimate of drug-likeness (QED) is 0.803. The van der Waals surface area contributed by atoms with Gasteiger partial charge in [-0.25, -0.2) is 4.98 Å². The van der Waals surface area contributed by atoms with Gasteiger partial charge in [-0.3, -0.25) is 0 Å². The molecule has 7 heteroatoms. The van der Waals surface area contributed by atoms with Crippen LogP contribution in [0.25, 0.3) is 5.65 Å². The van der Waals surface area contributed by atoms with Gasteiger partial charge < -0.3 is 11.1 Å². The fourth-order valence-electron chi connectivity index (χ4n) is 2.34. The molecule has 1 fully saturated rings. The molecule has 3 rings (SSSR count). The maximum Gasteiger partial charge on any atom is 0.172 e. The van der Waals surface area contributed by atoms with Crippen LogP contribution in [-0.2, 0) is 0 Å². The second kappa shape index (κ2) is 4.79. The average molecular weight is 375 g/mol. The van der Waals surface area contributed by atoms with Crippen LogP contribution in [-0.4, -0.2) is 27.7 Å². The standard InChI is InChI=1S/C11H13Br2N5/c12-7-5-16-18-10(14)8(13)9(17-11(7)18)6-2-1-3-15-4-6/h5-6,15H,1-4,14H2. The predicted molar refractivity (Wildman–Crippen MR) is 77.6 cm³/mol. The van der Waals surface area contributed by atoms with Gasteiger partial charge in [0.1, 0.15) is 5.82 Å². The summed E-state index contributed by atoms with van der Waals surface area (Å²) in [6.07, 6.45) is 4.03. The van der Waals surface area contributed by atoms with Crippen LogP contribution in [0.2, 0.25) is 0 Å². The largest absolute Gasteiger partial charge is 0.383 e. The van der Waals surface area contributed by atoms with Crippen LogP contribution in [0, 0.1) is 0 Å².